The molecular weight excluding hydrogens is 502 g/mol. The number of benzene rings is 2. The highest BCUT2D eigenvalue weighted by Gasteiger charge is 2.47. The van der Waals surface area contributed by atoms with Crippen molar-refractivity contribution in [2.24, 2.45) is 24.6 Å². The molecule has 2 aliphatic carbocycles. The summed E-state index contributed by atoms with van der Waals surface area (Å²) in [5.41, 5.74) is 13.1. The quantitative estimate of drug-likeness (QED) is 0.331. The van der Waals surface area contributed by atoms with Crippen LogP contribution in [0.3, 0.4) is 0 Å². The summed E-state index contributed by atoms with van der Waals surface area (Å²) in [6, 6.07) is 12.8. The number of nitrogens with two attached hydrogens (primary N) is 1. The molecule has 3 aromatic heterocycles. The number of aryl methyl sites for hydroxylation is 1. The first kappa shape index (κ1) is 23.7. The molecule has 4 heterocycles. The zero-order valence-corrected chi connectivity index (χ0v) is 22.8. The van der Waals surface area contributed by atoms with Crippen LogP contribution >= 0.6 is 0 Å². The van der Waals surface area contributed by atoms with Crippen LogP contribution < -0.4 is 10.5 Å². The number of hydrogen-bond donors (Lipinski definition) is 2. The van der Waals surface area contributed by atoms with Gasteiger partial charge in [-0.2, -0.15) is 5.10 Å². The number of aromatic nitrogens is 5. The van der Waals surface area contributed by atoms with E-state index < -0.39 is 0 Å². The lowest BCUT2D eigenvalue weighted by Gasteiger charge is -2.27. The van der Waals surface area contributed by atoms with Gasteiger partial charge in [0.15, 0.2) is 5.82 Å². The van der Waals surface area contributed by atoms with Gasteiger partial charge in [-0.3, -0.25) is 9.89 Å². The number of nitrogens with one attached hydrogen (secondary N) is 1. The number of likely N-dealkylation sites (tertiary alicyclic amines) is 1. The normalized spacial score (nSPS) is 22.2. The number of carbonyl (C=O) groups excluding carboxylic acids is 1. The monoisotopic (exact) mass is 535 g/mol. The maximum Gasteiger partial charge on any atom is 0.254 e. The van der Waals surface area contributed by atoms with Gasteiger partial charge in [0.2, 0.25) is 0 Å². The summed E-state index contributed by atoms with van der Waals surface area (Å²) in [6.07, 6.45) is 8.38. The maximum atomic E-state index is 13.7. The Hall–Kier alpha value is -4.11. The molecule has 204 valence electrons. The summed E-state index contributed by atoms with van der Waals surface area (Å²) in [6.45, 7) is 1.69. The summed E-state index contributed by atoms with van der Waals surface area (Å²) >= 11 is 0. The molecule has 2 saturated carbocycles. The first-order valence-corrected chi connectivity index (χ1v) is 14.2. The summed E-state index contributed by atoms with van der Waals surface area (Å²) < 4.78 is 10.4. The Kier molecular flexibility index (Phi) is 5.16. The van der Waals surface area contributed by atoms with E-state index in [4.69, 9.17) is 15.5 Å². The predicted octanol–water partition coefficient (Wildman–Crippen LogP) is 4.57. The Morgan fingerprint density at radius 2 is 2.00 bits per heavy atom. The number of amides is 1. The molecule has 2 bridgehead atoms. The standard InChI is InChI=1S/C31H33N7O2/c1-36-29-23(9-21(12-27(29)40-2)31(39)38-16-20-7-8-24(38)28(20)32)35-30(36)26-11-19-6-5-18(22-13-33-34-14-22)10-25(19)37(26)15-17-3-4-17/h5-6,9-14,17,20,24,28H,3-4,7-8,15-16,32H2,1-2H3,(H,33,34)/t20-,24-,28-/m1/s1. The molecular formula is C31H33N7O2. The molecule has 3 fully saturated rings. The Morgan fingerprint density at radius 3 is 2.70 bits per heavy atom. The molecule has 1 amide bonds. The minimum absolute atomic E-state index is 0.0182. The van der Waals surface area contributed by atoms with Gasteiger partial charge in [-0.15, -0.1) is 0 Å². The van der Waals surface area contributed by atoms with Crippen molar-refractivity contribution in [3.8, 4) is 28.4 Å². The van der Waals surface area contributed by atoms with Crippen LogP contribution in [0.5, 0.6) is 5.75 Å². The number of H-pyrrole nitrogens is 1. The van der Waals surface area contributed by atoms with E-state index in [0.29, 0.717) is 23.1 Å². The molecule has 8 rings (SSSR count). The van der Waals surface area contributed by atoms with Crippen LogP contribution in [0.1, 0.15) is 36.0 Å². The molecule has 3 N–H and O–H groups in total. The van der Waals surface area contributed by atoms with E-state index in [1.807, 2.05) is 36.5 Å². The lowest BCUT2D eigenvalue weighted by molar-refractivity contribution is 0.0700. The highest BCUT2D eigenvalue weighted by atomic mass is 16.5. The van der Waals surface area contributed by atoms with Crippen LogP contribution in [-0.2, 0) is 13.6 Å². The van der Waals surface area contributed by atoms with Crippen LogP contribution in [0, 0.1) is 11.8 Å². The number of imidazole rings is 1. The highest BCUT2D eigenvalue weighted by Crippen LogP contribution is 2.40. The summed E-state index contributed by atoms with van der Waals surface area (Å²) in [5.74, 6) is 2.63. The summed E-state index contributed by atoms with van der Waals surface area (Å²) in [5, 5.41) is 8.23. The molecule has 0 radical (unpaired) electrons. The zero-order chi connectivity index (χ0) is 27.1. The second-order valence-corrected chi connectivity index (χ2v) is 11.8. The molecule has 0 spiro atoms. The van der Waals surface area contributed by atoms with Crippen molar-refractivity contribution in [2.75, 3.05) is 13.7 Å². The number of rotatable bonds is 6. The minimum atomic E-state index is 0.0182. The highest BCUT2D eigenvalue weighted by molar-refractivity contribution is 6.00. The molecule has 9 nitrogen and oxygen atoms in total. The van der Waals surface area contributed by atoms with Gasteiger partial charge in [-0.1, -0.05) is 12.1 Å². The number of hydrogen-bond acceptors (Lipinski definition) is 5. The largest absolute Gasteiger partial charge is 0.494 e. The number of methoxy groups -OCH3 is 1. The van der Waals surface area contributed by atoms with Crippen molar-refractivity contribution >= 4 is 27.8 Å². The molecule has 9 heteroatoms. The fraction of sp³-hybridized carbons (Fsp3) is 0.387. The van der Waals surface area contributed by atoms with Gasteiger partial charge in [0.25, 0.3) is 5.91 Å². The Morgan fingerprint density at radius 1 is 1.12 bits per heavy atom. The second kappa shape index (κ2) is 8.69. The number of aromatic amines is 1. The average molecular weight is 536 g/mol. The van der Waals surface area contributed by atoms with E-state index in [-0.39, 0.29) is 18.0 Å². The lowest BCUT2D eigenvalue weighted by Crippen LogP contribution is -2.41. The predicted molar refractivity (Wildman–Crippen MR) is 154 cm³/mol. The first-order chi connectivity index (χ1) is 19.5. The van der Waals surface area contributed by atoms with E-state index in [2.05, 4.69) is 43.6 Å². The van der Waals surface area contributed by atoms with Gasteiger partial charge in [-0.25, -0.2) is 4.98 Å². The molecule has 2 aromatic carbocycles. The van der Waals surface area contributed by atoms with Crippen LogP contribution in [-0.4, -0.2) is 60.9 Å². The number of carbonyl (C=O) groups is 1. The van der Waals surface area contributed by atoms with Crippen molar-refractivity contribution in [1.29, 1.82) is 0 Å². The smallest absolute Gasteiger partial charge is 0.254 e. The van der Waals surface area contributed by atoms with E-state index in [9.17, 15) is 4.79 Å². The molecule has 1 saturated heterocycles. The Bertz CT molecular complexity index is 1780. The van der Waals surface area contributed by atoms with Gasteiger partial charge >= 0.3 is 0 Å². The van der Waals surface area contributed by atoms with Crippen molar-refractivity contribution in [3.05, 3.63) is 54.4 Å². The zero-order valence-electron chi connectivity index (χ0n) is 22.8. The number of nitrogens with zero attached hydrogens (tertiary/aromatic N) is 5. The van der Waals surface area contributed by atoms with Gasteiger partial charge in [0.1, 0.15) is 11.3 Å². The second-order valence-electron chi connectivity index (χ2n) is 11.8. The van der Waals surface area contributed by atoms with Crippen LogP contribution in [0.2, 0.25) is 0 Å². The van der Waals surface area contributed by atoms with E-state index in [1.165, 1.54) is 23.7 Å². The molecule has 40 heavy (non-hydrogen) atoms. The van der Waals surface area contributed by atoms with Crippen LogP contribution in [0.15, 0.2) is 48.8 Å². The molecule has 1 aliphatic heterocycles. The van der Waals surface area contributed by atoms with Gasteiger partial charge in [0.05, 0.1) is 24.5 Å². The van der Waals surface area contributed by atoms with Gasteiger partial charge in [0, 0.05) is 60.4 Å². The number of fused-ring (bicyclic) bond motifs is 4. The average Bonchev–Trinajstić information content (AvgIpc) is 3.34. The first-order valence-electron chi connectivity index (χ1n) is 14.2. The third-order valence-electron chi connectivity index (χ3n) is 9.42. The lowest BCUT2D eigenvalue weighted by atomic mass is 10.1. The van der Waals surface area contributed by atoms with E-state index in [0.717, 1.165) is 59.6 Å². The third-order valence-corrected chi connectivity index (χ3v) is 9.42. The molecule has 5 aromatic rings. The topological polar surface area (TPSA) is 107 Å². The number of ether oxygens (including phenoxy) is 1. The summed E-state index contributed by atoms with van der Waals surface area (Å²) in [7, 11) is 3.69. The maximum absolute atomic E-state index is 13.7. The Labute approximate surface area is 231 Å². The molecule has 3 aliphatic rings. The van der Waals surface area contributed by atoms with E-state index in [1.54, 1.807) is 7.11 Å². The third kappa shape index (κ3) is 3.53. The van der Waals surface area contributed by atoms with Crippen LogP contribution in [0.25, 0.3) is 44.6 Å². The number of piperidine rings is 1. The van der Waals surface area contributed by atoms with Crippen molar-refractivity contribution in [2.45, 2.75) is 44.3 Å². The van der Waals surface area contributed by atoms with Crippen molar-refractivity contribution in [1.82, 2.24) is 29.2 Å². The summed E-state index contributed by atoms with van der Waals surface area (Å²) in [4.78, 5) is 20.8. The minimum Gasteiger partial charge on any atom is -0.494 e. The van der Waals surface area contributed by atoms with Gasteiger partial charge in [-0.05, 0) is 67.3 Å². The van der Waals surface area contributed by atoms with Crippen LogP contribution in [0.4, 0.5) is 0 Å². The molecule has 0 unspecified atom stereocenters. The SMILES string of the molecule is COc1cc(C(=O)N2C[C@H]3CC[C@@H]2[C@@H]3N)cc2nc(-c3cc4ccc(-c5cn[nH]c5)cc4n3CC3CC3)n(C)c12. The molecule has 3 atom stereocenters. The Balaban J connectivity index is 1.25. The fourth-order valence-corrected chi connectivity index (χ4v) is 7.05. The van der Waals surface area contributed by atoms with Crippen molar-refractivity contribution < 1.29 is 9.53 Å². The van der Waals surface area contributed by atoms with Gasteiger partial charge < -0.3 is 24.5 Å². The fourth-order valence-electron chi connectivity index (χ4n) is 7.05. The van der Waals surface area contributed by atoms with Crippen molar-refractivity contribution in [3.63, 3.8) is 0 Å². The van der Waals surface area contributed by atoms with E-state index >= 15 is 0 Å².